The third kappa shape index (κ3) is 9.92. The molecule has 0 aromatic carbocycles. The van der Waals surface area contributed by atoms with Crippen LogP contribution in [0.15, 0.2) is 0 Å². The van der Waals surface area contributed by atoms with E-state index in [1.54, 1.807) is 7.11 Å². The molecule has 0 heterocycles. The van der Waals surface area contributed by atoms with E-state index in [9.17, 15) is 0 Å². The molecule has 0 aromatic heterocycles. The van der Waals surface area contributed by atoms with E-state index in [1.165, 1.54) is 0 Å². The second kappa shape index (κ2) is 9.92. The van der Waals surface area contributed by atoms with Crippen molar-refractivity contribution in [2.45, 2.75) is 33.3 Å². The summed E-state index contributed by atoms with van der Waals surface area (Å²) in [6.07, 6.45) is 1.49. The number of likely N-dealkylation sites (N-methyl/N-ethyl adjacent to an activating group) is 1. The minimum absolute atomic E-state index is 0.403. The van der Waals surface area contributed by atoms with Crippen LogP contribution in [0.1, 0.15) is 27.2 Å². The largest absolute Gasteiger partial charge is 0.380 e. The van der Waals surface area contributed by atoms with E-state index >= 15 is 0 Å². The molecule has 2 nitrogen and oxygen atoms in total. The standard InChI is InChI=1S/C7H17NO.C2H6/c1-5-7(9-4)6-8(2)3;1-2/h7H,5-6H2,1-4H3;1-2H3. The lowest BCUT2D eigenvalue weighted by Crippen LogP contribution is -2.26. The van der Waals surface area contributed by atoms with Gasteiger partial charge in [0.1, 0.15) is 0 Å². The summed E-state index contributed by atoms with van der Waals surface area (Å²) in [5, 5.41) is 0. The fourth-order valence-electron chi connectivity index (χ4n) is 0.778. The van der Waals surface area contributed by atoms with Crippen LogP contribution >= 0.6 is 0 Å². The van der Waals surface area contributed by atoms with Gasteiger partial charge in [-0.3, -0.25) is 0 Å². The summed E-state index contributed by atoms with van der Waals surface area (Å²) < 4.78 is 5.17. The average Bonchev–Trinajstić information content (AvgIpc) is 2.03. The molecule has 2 heteroatoms. The van der Waals surface area contributed by atoms with E-state index in [1.807, 2.05) is 13.8 Å². The summed E-state index contributed by atoms with van der Waals surface area (Å²) in [7, 11) is 5.88. The lowest BCUT2D eigenvalue weighted by atomic mass is 10.3. The van der Waals surface area contributed by atoms with Gasteiger partial charge in [-0.25, -0.2) is 0 Å². The van der Waals surface area contributed by atoms with Gasteiger partial charge < -0.3 is 9.64 Å². The van der Waals surface area contributed by atoms with Crippen molar-refractivity contribution in [2.24, 2.45) is 0 Å². The van der Waals surface area contributed by atoms with Crippen LogP contribution in [0.5, 0.6) is 0 Å². The lowest BCUT2D eigenvalue weighted by Gasteiger charge is -2.17. The first-order valence-electron chi connectivity index (χ1n) is 4.38. The number of hydrogen-bond acceptors (Lipinski definition) is 2. The van der Waals surface area contributed by atoms with Crippen molar-refractivity contribution in [3.63, 3.8) is 0 Å². The number of ether oxygens (including phenoxy) is 1. The van der Waals surface area contributed by atoms with Crippen molar-refractivity contribution in [1.29, 1.82) is 0 Å². The molecule has 0 bridgehead atoms. The number of hydrogen-bond donors (Lipinski definition) is 0. The molecule has 1 unspecified atom stereocenters. The molecule has 0 N–H and O–H groups in total. The van der Waals surface area contributed by atoms with Gasteiger partial charge in [-0.1, -0.05) is 20.8 Å². The SMILES string of the molecule is CC.CCC(CN(C)C)OC. The Labute approximate surface area is 71.5 Å². The second-order valence-corrected chi connectivity index (χ2v) is 2.53. The van der Waals surface area contributed by atoms with Crippen molar-refractivity contribution < 1.29 is 4.74 Å². The van der Waals surface area contributed by atoms with Gasteiger partial charge in [-0.15, -0.1) is 0 Å². The predicted molar refractivity (Wildman–Crippen MR) is 51.0 cm³/mol. The van der Waals surface area contributed by atoms with Crippen LogP contribution in [-0.4, -0.2) is 38.8 Å². The molecule has 70 valence electrons. The maximum absolute atomic E-state index is 5.17. The molecular formula is C9H23NO. The summed E-state index contributed by atoms with van der Waals surface area (Å²) in [5.41, 5.74) is 0. The Bertz CT molecular complexity index is 60.6. The molecular weight excluding hydrogens is 138 g/mol. The Morgan fingerprint density at radius 2 is 1.73 bits per heavy atom. The third-order valence-electron chi connectivity index (χ3n) is 1.36. The van der Waals surface area contributed by atoms with Crippen LogP contribution in [-0.2, 0) is 4.74 Å². The predicted octanol–water partition coefficient (Wildman–Crippen LogP) is 2.00. The van der Waals surface area contributed by atoms with Gasteiger partial charge in [0.25, 0.3) is 0 Å². The van der Waals surface area contributed by atoms with Crippen LogP contribution in [0.2, 0.25) is 0 Å². The monoisotopic (exact) mass is 161 g/mol. The maximum Gasteiger partial charge on any atom is 0.0695 e. The molecule has 11 heavy (non-hydrogen) atoms. The first-order chi connectivity index (χ1) is 5.20. The van der Waals surface area contributed by atoms with Crippen molar-refractivity contribution in [1.82, 2.24) is 4.90 Å². The van der Waals surface area contributed by atoms with E-state index in [4.69, 9.17) is 4.74 Å². The zero-order valence-electron chi connectivity index (χ0n) is 8.85. The lowest BCUT2D eigenvalue weighted by molar-refractivity contribution is 0.0757. The summed E-state index contributed by atoms with van der Waals surface area (Å²) in [6, 6.07) is 0. The summed E-state index contributed by atoms with van der Waals surface area (Å²) in [5.74, 6) is 0. The van der Waals surface area contributed by atoms with Gasteiger partial charge in [0.05, 0.1) is 6.10 Å². The molecule has 1 atom stereocenters. The second-order valence-electron chi connectivity index (χ2n) is 2.53. The Morgan fingerprint density at radius 1 is 1.27 bits per heavy atom. The molecule has 0 rings (SSSR count). The summed E-state index contributed by atoms with van der Waals surface area (Å²) in [4.78, 5) is 2.14. The highest BCUT2D eigenvalue weighted by Gasteiger charge is 2.03. The highest BCUT2D eigenvalue weighted by Crippen LogP contribution is 1.95. The number of methoxy groups -OCH3 is 1. The van der Waals surface area contributed by atoms with Crippen molar-refractivity contribution in [3.05, 3.63) is 0 Å². The highest BCUT2D eigenvalue weighted by atomic mass is 16.5. The summed E-state index contributed by atoms with van der Waals surface area (Å²) in [6.45, 7) is 7.16. The van der Waals surface area contributed by atoms with E-state index in [0.717, 1.165) is 13.0 Å². The van der Waals surface area contributed by atoms with E-state index in [0.29, 0.717) is 6.10 Å². The minimum Gasteiger partial charge on any atom is -0.380 e. The van der Waals surface area contributed by atoms with Crippen LogP contribution in [0.4, 0.5) is 0 Å². The zero-order valence-corrected chi connectivity index (χ0v) is 8.85. The van der Waals surface area contributed by atoms with Crippen molar-refractivity contribution in [2.75, 3.05) is 27.7 Å². The van der Waals surface area contributed by atoms with E-state index < -0.39 is 0 Å². The van der Waals surface area contributed by atoms with Gasteiger partial charge in [0, 0.05) is 13.7 Å². The van der Waals surface area contributed by atoms with Crippen molar-refractivity contribution in [3.8, 4) is 0 Å². The molecule has 0 aliphatic rings. The van der Waals surface area contributed by atoms with Gasteiger partial charge >= 0.3 is 0 Å². The molecule has 0 amide bonds. The molecule has 0 radical (unpaired) electrons. The fraction of sp³-hybridized carbons (Fsp3) is 1.00. The molecule has 0 spiro atoms. The minimum atomic E-state index is 0.403. The topological polar surface area (TPSA) is 12.5 Å². The normalized spacial score (nSPS) is 12.3. The zero-order chi connectivity index (χ0) is 9.28. The fourth-order valence-corrected chi connectivity index (χ4v) is 0.778. The highest BCUT2D eigenvalue weighted by molar-refractivity contribution is 4.56. The third-order valence-corrected chi connectivity index (χ3v) is 1.36. The molecule has 0 fully saturated rings. The van der Waals surface area contributed by atoms with Gasteiger partial charge in [0.2, 0.25) is 0 Å². The van der Waals surface area contributed by atoms with Gasteiger partial charge in [-0.2, -0.15) is 0 Å². The molecule has 0 saturated heterocycles. The molecule has 0 aliphatic carbocycles. The maximum atomic E-state index is 5.17. The molecule has 0 aliphatic heterocycles. The smallest absolute Gasteiger partial charge is 0.0695 e. The van der Waals surface area contributed by atoms with Crippen LogP contribution in [0.25, 0.3) is 0 Å². The van der Waals surface area contributed by atoms with E-state index in [2.05, 4.69) is 25.9 Å². The Hall–Kier alpha value is -0.0800. The first-order valence-corrected chi connectivity index (χ1v) is 4.38. The Balaban J connectivity index is 0. The number of nitrogens with zero attached hydrogens (tertiary/aromatic N) is 1. The quantitative estimate of drug-likeness (QED) is 0.625. The molecule has 0 aromatic rings. The van der Waals surface area contributed by atoms with Crippen molar-refractivity contribution >= 4 is 0 Å². The Morgan fingerprint density at radius 3 is 1.82 bits per heavy atom. The van der Waals surface area contributed by atoms with Gasteiger partial charge in [0.15, 0.2) is 0 Å². The molecule has 0 saturated carbocycles. The Kier molecular flexibility index (Phi) is 12.2. The first kappa shape index (κ1) is 13.5. The van der Waals surface area contributed by atoms with E-state index in [-0.39, 0.29) is 0 Å². The van der Waals surface area contributed by atoms with Gasteiger partial charge in [-0.05, 0) is 20.5 Å². The average molecular weight is 161 g/mol. The number of rotatable bonds is 4. The van der Waals surface area contributed by atoms with Crippen LogP contribution < -0.4 is 0 Å². The van der Waals surface area contributed by atoms with Crippen LogP contribution in [0, 0.1) is 0 Å². The van der Waals surface area contributed by atoms with Crippen LogP contribution in [0.3, 0.4) is 0 Å². The summed E-state index contributed by atoms with van der Waals surface area (Å²) >= 11 is 0.